The quantitative estimate of drug-likeness (QED) is 0.112. The minimum Gasteiger partial charge on any atom is -0.456 e. The lowest BCUT2D eigenvalue weighted by molar-refractivity contribution is 0.668. The third-order valence-corrected chi connectivity index (χ3v) is 20.6. The fourth-order valence-corrected chi connectivity index (χ4v) is 16.5. The summed E-state index contributed by atoms with van der Waals surface area (Å²) in [6.07, 6.45) is 0. The van der Waals surface area contributed by atoms with Crippen LogP contribution in [0.2, 0.25) is 0 Å². The van der Waals surface area contributed by atoms with E-state index in [0.717, 1.165) is 60.0 Å². The Morgan fingerprint density at radius 3 is 1.05 bits per heavy atom. The molecule has 16 aromatic rings. The van der Waals surface area contributed by atoms with E-state index in [9.17, 15) is 0 Å². The van der Waals surface area contributed by atoms with Crippen LogP contribution in [0, 0.1) is 0 Å². The number of anilines is 3. The van der Waals surface area contributed by atoms with Crippen molar-refractivity contribution >= 4 is 146 Å². The summed E-state index contributed by atoms with van der Waals surface area (Å²) in [6, 6.07) is 120. The van der Waals surface area contributed by atoms with Gasteiger partial charge in [-0.15, -0.1) is 0 Å². The minimum absolute atomic E-state index is 0.822. The standard InChI is InChI=1S/C44H32P2.C18H13NO.C12H7BrO.C6H7N/c1-5-19-35(20-6-1)45(36-21-7-2-8-22-36)41-31-29-33-17-13-15-27-39(33)43(41)44-40-28-16-14-18-34(40)30-32-42(44)46(37-23-9-3-10-24-37)38-25-11-4-12-26-38;1-2-6-13(7-3-1)19-14-10-11-18-16(12-14)15-8-4-5-9-17(15)20-18;13-8-5-6-12-10(7-8)9-3-1-2-4-11(9)14-12;7-6-4-2-1-3-5-6/h1-32H;1-12,19H;1-7H;1-5H,7H2. The first-order valence-electron chi connectivity index (χ1n) is 29.0. The number of hydrogen-bond acceptors (Lipinski definition) is 4. The van der Waals surface area contributed by atoms with Crippen LogP contribution in [0.5, 0.6) is 0 Å². The highest BCUT2D eigenvalue weighted by atomic mass is 79.9. The van der Waals surface area contributed by atoms with Gasteiger partial charge < -0.3 is 19.9 Å². The van der Waals surface area contributed by atoms with Gasteiger partial charge in [-0.25, -0.2) is 0 Å². The van der Waals surface area contributed by atoms with Gasteiger partial charge in [-0.2, -0.15) is 0 Å². The maximum absolute atomic E-state index is 5.83. The van der Waals surface area contributed by atoms with Crippen LogP contribution in [0.15, 0.2) is 353 Å². The molecule has 0 saturated heterocycles. The summed E-state index contributed by atoms with van der Waals surface area (Å²) < 4.78 is 12.6. The molecule has 2 heterocycles. The van der Waals surface area contributed by atoms with Crippen LogP contribution in [0.25, 0.3) is 76.5 Å². The number of furan rings is 2. The summed E-state index contributed by atoms with van der Waals surface area (Å²) in [5.41, 5.74) is 14.8. The molecule has 4 nitrogen and oxygen atoms in total. The summed E-state index contributed by atoms with van der Waals surface area (Å²) in [6.45, 7) is 0. The van der Waals surface area contributed by atoms with Gasteiger partial charge in [0.05, 0.1) is 0 Å². The van der Waals surface area contributed by atoms with Gasteiger partial charge in [-0.05, 0) is 153 Å². The van der Waals surface area contributed by atoms with Crippen LogP contribution in [0.3, 0.4) is 0 Å². The zero-order chi connectivity index (χ0) is 58.7. The fourth-order valence-electron chi connectivity index (χ4n) is 11.2. The molecular weight excluding hydrogens is 1160 g/mol. The van der Waals surface area contributed by atoms with E-state index in [1.807, 2.05) is 109 Å². The van der Waals surface area contributed by atoms with Crippen molar-refractivity contribution in [3.8, 4) is 11.1 Å². The van der Waals surface area contributed by atoms with Gasteiger partial charge in [-0.1, -0.05) is 283 Å². The highest BCUT2D eigenvalue weighted by molar-refractivity contribution is 9.10. The largest absolute Gasteiger partial charge is 0.456 e. The van der Waals surface area contributed by atoms with Crippen LogP contribution in [0.4, 0.5) is 17.1 Å². The van der Waals surface area contributed by atoms with E-state index >= 15 is 0 Å². The molecule has 3 N–H and O–H groups in total. The first kappa shape index (κ1) is 56.3. The van der Waals surface area contributed by atoms with Crippen molar-refractivity contribution in [2.24, 2.45) is 0 Å². The van der Waals surface area contributed by atoms with Crippen molar-refractivity contribution in [3.05, 3.63) is 344 Å². The highest BCUT2D eigenvalue weighted by Crippen LogP contribution is 2.46. The molecule has 0 aliphatic rings. The number of hydrogen-bond donors (Lipinski definition) is 2. The van der Waals surface area contributed by atoms with E-state index in [2.05, 4.69) is 252 Å². The van der Waals surface area contributed by atoms with Gasteiger partial charge in [0.15, 0.2) is 0 Å². The van der Waals surface area contributed by atoms with E-state index in [1.165, 1.54) is 69.9 Å². The van der Waals surface area contributed by atoms with E-state index in [0.29, 0.717) is 0 Å². The summed E-state index contributed by atoms with van der Waals surface area (Å²) in [5.74, 6) is 0. The van der Waals surface area contributed by atoms with Gasteiger partial charge in [0.25, 0.3) is 0 Å². The Balaban J connectivity index is 0.000000137. The second-order valence-electron chi connectivity index (χ2n) is 20.8. The molecule has 7 heteroatoms. The van der Waals surface area contributed by atoms with Crippen molar-refractivity contribution in [1.82, 2.24) is 0 Å². The molecule has 0 aliphatic carbocycles. The normalized spacial score (nSPS) is 11.1. The zero-order valence-electron chi connectivity index (χ0n) is 47.5. The van der Waals surface area contributed by atoms with Crippen LogP contribution < -0.4 is 42.9 Å². The first-order chi connectivity index (χ1) is 43.0. The fraction of sp³-hybridized carbons (Fsp3) is 0. The van der Waals surface area contributed by atoms with Gasteiger partial charge in [0.1, 0.15) is 22.3 Å². The second-order valence-corrected chi connectivity index (χ2v) is 26.1. The number of nitrogens with two attached hydrogens (primary N) is 1. The zero-order valence-corrected chi connectivity index (χ0v) is 50.9. The van der Waals surface area contributed by atoms with Crippen LogP contribution in [-0.4, -0.2) is 0 Å². The maximum Gasteiger partial charge on any atom is 0.135 e. The second kappa shape index (κ2) is 26.6. The van der Waals surface area contributed by atoms with E-state index in [-0.39, 0.29) is 0 Å². The van der Waals surface area contributed by atoms with Gasteiger partial charge in [0, 0.05) is 43.1 Å². The predicted molar refractivity (Wildman–Crippen MR) is 380 cm³/mol. The number of nitrogens with one attached hydrogen (secondary N) is 1. The molecule has 16 rings (SSSR count). The Labute approximate surface area is 517 Å². The summed E-state index contributed by atoms with van der Waals surface area (Å²) in [7, 11) is -1.70. The van der Waals surface area contributed by atoms with Crippen molar-refractivity contribution in [2.45, 2.75) is 0 Å². The Morgan fingerprint density at radius 1 is 0.276 bits per heavy atom. The topological polar surface area (TPSA) is 64.3 Å². The van der Waals surface area contributed by atoms with Crippen LogP contribution >= 0.6 is 31.8 Å². The maximum atomic E-state index is 5.83. The first-order valence-corrected chi connectivity index (χ1v) is 32.4. The summed E-state index contributed by atoms with van der Waals surface area (Å²) in [5, 5.41) is 21.4. The molecule has 0 fully saturated rings. The molecule has 0 spiro atoms. The van der Waals surface area contributed by atoms with Crippen LogP contribution in [0.1, 0.15) is 0 Å². The number of rotatable bonds is 9. The Kier molecular flexibility index (Phi) is 17.2. The summed E-state index contributed by atoms with van der Waals surface area (Å²) >= 11 is 3.46. The number of fused-ring (bicyclic) bond motifs is 8. The summed E-state index contributed by atoms with van der Waals surface area (Å²) in [4.78, 5) is 0. The SMILES string of the molecule is Brc1ccc2oc3ccccc3c2c1.Nc1ccccc1.c1ccc(Nc2ccc3oc4ccccc4c3c2)cc1.c1ccc(P(c2ccccc2)c2ccc3ccccc3c2-c2c(P(c3ccccc3)c3ccccc3)ccc3ccccc23)cc1. The number of benzene rings is 14. The van der Waals surface area contributed by atoms with Gasteiger partial charge in [0.2, 0.25) is 0 Å². The highest BCUT2D eigenvalue weighted by Gasteiger charge is 2.28. The monoisotopic (exact) mass is 1220 g/mol. The molecule has 0 saturated carbocycles. The molecular formula is C80H59BrN2O2P2. The third-order valence-electron chi connectivity index (χ3n) is 15.2. The molecule has 0 aliphatic heterocycles. The van der Waals surface area contributed by atoms with Crippen molar-refractivity contribution in [3.63, 3.8) is 0 Å². The van der Waals surface area contributed by atoms with Crippen molar-refractivity contribution in [1.29, 1.82) is 0 Å². The Morgan fingerprint density at radius 2 is 0.621 bits per heavy atom. The average Bonchev–Trinajstić information content (AvgIpc) is 3.23. The third kappa shape index (κ3) is 12.6. The van der Waals surface area contributed by atoms with Crippen molar-refractivity contribution in [2.75, 3.05) is 11.1 Å². The number of nitrogen functional groups attached to an aromatic ring is 1. The molecule has 0 atom stereocenters. The lowest BCUT2D eigenvalue weighted by Crippen LogP contribution is -2.26. The van der Waals surface area contributed by atoms with Crippen LogP contribution in [-0.2, 0) is 0 Å². The predicted octanol–water partition coefficient (Wildman–Crippen LogP) is 20.1. The molecule has 0 unspecified atom stereocenters. The number of halogens is 1. The lowest BCUT2D eigenvalue weighted by Gasteiger charge is -2.28. The molecule has 0 amide bonds. The molecule has 87 heavy (non-hydrogen) atoms. The number of para-hydroxylation sites is 4. The minimum atomic E-state index is -0.852. The van der Waals surface area contributed by atoms with E-state index in [4.69, 9.17) is 14.6 Å². The Bertz CT molecular complexity index is 4690. The van der Waals surface area contributed by atoms with Crippen molar-refractivity contribution < 1.29 is 8.83 Å². The average molecular weight is 1220 g/mol. The van der Waals surface area contributed by atoms with Gasteiger partial charge >= 0.3 is 0 Å². The molecule has 0 bridgehead atoms. The molecule has 2 aromatic heterocycles. The Hall–Kier alpha value is -9.86. The van der Waals surface area contributed by atoms with E-state index < -0.39 is 15.8 Å². The molecule has 418 valence electrons. The van der Waals surface area contributed by atoms with Gasteiger partial charge in [-0.3, -0.25) is 0 Å². The molecule has 14 aromatic carbocycles. The molecule has 0 radical (unpaired) electrons. The lowest BCUT2D eigenvalue weighted by atomic mass is 9.93. The smallest absolute Gasteiger partial charge is 0.135 e. The van der Waals surface area contributed by atoms with E-state index in [1.54, 1.807) is 0 Å².